The molecular weight excluding hydrogens is 1020 g/mol. The highest BCUT2D eigenvalue weighted by atomic mass is 16.6. The fourth-order valence-corrected chi connectivity index (χ4v) is 8.80. The molecule has 6 nitrogen and oxygen atoms in total. The zero-order chi connectivity index (χ0) is 59.9. The normalized spacial score (nSPS) is 13.2. The minimum Gasteiger partial charge on any atom is -0.462 e. The van der Waals surface area contributed by atoms with Crippen molar-refractivity contribution in [1.82, 2.24) is 0 Å². The third-order valence-electron chi connectivity index (χ3n) is 13.7. The largest absolute Gasteiger partial charge is 0.462 e. The molecule has 83 heavy (non-hydrogen) atoms. The summed E-state index contributed by atoms with van der Waals surface area (Å²) in [7, 11) is 0. The van der Waals surface area contributed by atoms with Crippen LogP contribution in [0.3, 0.4) is 0 Å². The van der Waals surface area contributed by atoms with Gasteiger partial charge in [-0.1, -0.05) is 294 Å². The number of hydrogen-bond acceptors (Lipinski definition) is 6. The first kappa shape index (κ1) is 77.8. The first-order chi connectivity index (χ1) is 41.0. The van der Waals surface area contributed by atoms with E-state index < -0.39 is 12.1 Å². The van der Waals surface area contributed by atoms with Crippen molar-refractivity contribution in [2.45, 2.75) is 284 Å². The molecule has 0 saturated heterocycles. The van der Waals surface area contributed by atoms with Crippen molar-refractivity contribution in [3.05, 3.63) is 170 Å². The fraction of sp³-hybridized carbons (Fsp3) is 0.597. The maximum atomic E-state index is 12.9. The molecule has 0 aliphatic rings. The van der Waals surface area contributed by atoms with E-state index in [1.54, 1.807) is 0 Å². The van der Waals surface area contributed by atoms with E-state index in [9.17, 15) is 14.4 Å². The number of carbonyl (C=O) groups is 3. The van der Waals surface area contributed by atoms with Crippen LogP contribution in [-0.4, -0.2) is 37.2 Å². The average molecular weight is 1140 g/mol. The number of rotatable bonds is 59. The lowest BCUT2D eigenvalue weighted by molar-refractivity contribution is -0.166. The molecule has 0 amide bonds. The van der Waals surface area contributed by atoms with E-state index in [0.717, 1.165) is 141 Å². The maximum absolute atomic E-state index is 12.9. The number of hydrogen-bond donors (Lipinski definition) is 0. The Bertz CT molecular complexity index is 1890. The van der Waals surface area contributed by atoms with E-state index in [1.165, 1.54) is 89.9 Å². The van der Waals surface area contributed by atoms with Gasteiger partial charge in [0, 0.05) is 19.3 Å². The molecule has 0 bridgehead atoms. The van der Waals surface area contributed by atoms with Gasteiger partial charge in [-0.25, -0.2) is 0 Å². The number of carbonyl (C=O) groups excluding carboxylic acids is 3. The highest BCUT2D eigenvalue weighted by Gasteiger charge is 2.19. The molecule has 0 aliphatic carbocycles. The third kappa shape index (κ3) is 67.4. The van der Waals surface area contributed by atoms with Gasteiger partial charge in [0.1, 0.15) is 13.2 Å². The van der Waals surface area contributed by atoms with Crippen molar-refractivity contribution < 1.29 is 28.6 Å². The number of esters is 3. The van der Waals surface area contributed by atoms with Crippen LogP contribution in [0.25, 0.3) is 0 Å². The van der Waals surface area contributed by atoms with Gasteiger partial charge in [0.2, 0.25) is 0 Å². The number of unbranched alkanes of at least 4 members (excludes halogenated alkanes) is 20. The number of allylic oxidation sites excluding steroid dienone is 28. The molecule has 0 aromatic rings. The zero-order valence-electron chi connectivity index (χ0n) is 53.4. The molecule has 0 N–H and O–H groups in total. The Balaban J connectivity index is 4.43. The van der Waals surface area contributed by atoms with Gasteiger partial charge < -0.3 is 14.2 Å². The highest BCUT2D eigenvalue weighted by Crippen LogP contribution is 2.16. The highest BCUT2D eigenvalue weighted by molar-refractivity contribution is 5.71. The molecule has 0 aromatic heterocycles. The summed E-state index contributed by atoms with van der Waals surface area (Å²) in [5.41, 5.74) is 0. The molecule has 0 rings (SSSR count). The molecule has 0 aliphatic heterocycles. The molecule has 0 radical (unpaired) electrons. The summed E-state index contributed by atoms with van der Waals surface area (Å²) in [4.78, 5) is 38.4. The van der Waals surface area contributed by atoms with Crippen LogP contribution < -0.4 is 0 Å². The zero-order valence-corrected chi connectivity index (χ0v) is 53.4. The Kier molecular flexibility index (Phi) is 64.9. The molecule has 0 saturated carbocycles. The molecule has 0 fully saturated rings. The van der Waals surface area contributed by atoms with Gasteiger partial charge in [0.05, 0.1) is 0 Å². The predicted octanol–water partition coefficient (Wildman–Crippen LogP) is 23.4. The van der Waals surface area contributed by atoms with E-state index in [4.69, 9.17) is 14.2 Å². The Morgan fingerprint density at radius 1 is 0.241 bits per heavy atom. The van der Waals surface area contributed by atoms with Gasteiger partial charge in [0.15, 0.2) is 6.10 Å². The van der Waals surface area contributed by atoms with Crippen molar-refractivity contribution in [2.75, 3.05) is 13.2 Å². The molecule has 0 aromatic carbocycles. The minimum absolute atomic E-state index is 0.122. The summed E-state index contributed by atoms with van der Waals surface area (Å²) in [5, 5.41) is 0. The molecule has 466 valence electrons. The van der Waals surface area contributed by atoms with Crippen molar-refractivity contribution in [3.8, 4) is 0 Å². The lowest BCUT2D eigenvalue weighted by Gasteiger charge is -2.18. The lowest BCUT2D eigenvalue weighted by Crippen LogP contribution is -2.30. The number of ether oxygens (including phenoxy) is 3. The summed E-state index contributed by atoms with van der Waals surface area (Å²) in [6.45, 7) is 6.22. The summed E-state index contributed by atoms with van der Waals surface area (Å²) in [6, 6.07) is 0. The summed E-state index contributed by atoms with van der Waals surface area (Å²) in [5.74, 6) is -1.03. The quantitative estimate of drug-likeness (QED) is 0.0261. The van der Waals surface area contributed by atoms with Gasteiger partial charge >= 0.3 is 17.9 Å². The molecule has 0 spiro atoms. The smallest absolute Gasteiger partial charge is 0.306 e. The monoisotopic (exact) mass is 1140 g/mol. The molecular formula is C77H122O6. The van der Waals surface area contributed by atoms with Crippen LogP contribution in [-0.2, 0) is 28.6 Å². The van der Waals surface area contributed by atoms with Crippen molar-refractivity contribution in [2.24, 2.45) is 0 Å². The lowest BCUT2D eigenvalue weighted by atomic mass is 10.0. The Morgan fingerprint density at radius 3 is 0.723 bits per heavy atom. The van der Waals surface area contributed by atoms with Crippen LogP contribution >= 0.6 is 0 Å². The molecule has 1 unspecified atom stereocenters. The standard InChI is InChI=1S/C77H122O6/c1-4-7-10-13-16-19-22-25-28-31-33-34-35-36-37-38-39-40-41-42-44-46-49-52-55-58-61-64-67-70-76(79)82-73-74(72-81-75(78)69-66-63-60-57-54-51-48-45-30-27-24-21-18-15-12-9-6-3)83-77(80)71-68-65-62-59-56-53-50-47-43-32-29-26-23-20-17-14-11-8-5-2/h7-12,16-21,25-30,33-34,43,47-48,51,53,56,62,65,74H,4-6,13-15,22-24,31-32,35-42,44-46,49-50,52,54-55,57-61,63-64,66-73H2,1-3H3/b10-7-,11-8-,12-9-,19-16-,20-17-,21-18-,28-25-,29-26-,30-27-,34-33-,47-43-,51-48-,56-53-,65-62-. The Labute approximate surface area is 511 Å². The fourth-order valence-electron chi connectivity index (χ4n) is 8.80. The van der Waals surface area contributed by atoms with Crippen LogP contribution in [0.2, 0.25) is 0 Å². The van der Waals surface area contributed by atoms with E-state index in [2.05, 4.69) is 179 Å². The average Bonchev–Trinajstić information content (AvgIpc) is 3.49. The van der Waals surface area contributed by atoms with Crippen LogP contribution in [0.15, 0.2) is 170 Å². The summed E-state index contributed by atoms with van der Waals surface area (Å²) in [6.07, 6.45) is 102. The van der Waals surface area contributed by atoms with Crippen molar-refractivity contribution >= 4 is 17.9 Å². The van der Waals surface area contributed by atoms with Gasteiger partial charge in [-0.2, -0.15) is 0 Å². The van der Waals surface area contributed by atoms with Gasteiger partial charge in [-0.05, 0) is 135 Å². The first-order valence-corrected chi connectivity index (χ1v) is 33.6. The second kappa shape index (κ2) is 69.3. The van der Waals surface area contributed by atoms with Gasteiger partial charge in [-0.15, -0.1) is 0 Å². The summed E-state index contributed by atoms with van der Waals surface area (Å²) < 4.78 is 16.9. The van der Waals surface area contributed by atoms with Crippen molar-refractivity contribution in [1.29, 1.82) is 0 Å². The van der Waals surface area contributed by atoms with Crippen LogP contribution in [0, 0.1) is 0 Å². The predicted molar refractivity (Wildman–Crippen MR) is 361 cm³/mol. The van der Waals surface area contributed by atoms with E-state index in [0.29, 0.717) is 19.3 Å². The Hall–Kier alpha value is -5.23. The SMILES string of the molecule is CC/C=C\C/C=C\C/C=C\C/C=C\C/C=C\C/C=C\CCC(=O)OC(COC(=O)CCCCCC/C=C\C/C=C\C/C=C\C/C=C\CC)COC(=O)CCCCCCCCCCCCCCCCCC/C=C\C/C=C\C/C=C\C/C=C\CC. The van der Waals surface area contributed by atoms with E-state index >= 15 is 0 Å². The molecule has 6 heteroatoms. The van der Waals surface area contributed by atoms with Gasteiger partial charge in [0.25, 0.3) is 0 Å². The second-order valence-corrected chi connectivity index (χ2v) is 21.6. The molecule has 1 atom stereocenters. The van der Waals surface area contributed by atoms with Gasteiger partial charge in [-0.3, -0.25) is 14.4 Å². The third-order valence-corrected chi connectivity index (χ3v) is 13.7. The molecule has 0 heterocycles. The van der Waals surface area contributed by atoms with Crippen LogP contribution in [0.4, 0.5) is 0 Å². The Morgan fingerprint density at radius 2 is 0.458 bits per heavy atom. The van der Waals surface area contributed by atoms with E-state index in [1.807, 2.05) is 12.2 Å². The van der Waals surface area contributed by atoms with Crippen LogP contribution in [0.1, 0.15) is 278 Å². The van der Waals surface area contributed by atoms with E-state index in [-0.39, 0.29) is 31.6 Å². The maximum Gasteiger partial charge on any atom is 0.306 e. The summed E-state index contributed by atoms with van der Waals surface area (Å²) >= 11 is 0. The second-order valence-electron chi connectivity index (χ2n) is 21.6. The minimum atomic E-state index is -0.838. The van der Waals surface area contributed by atoms with Crippen LogP contribution in [0.5, 0.6) is 0 Å². The van der Waals surface area contributed by atoms with Crippen molar-refractivity contribution in [3.63, 3.8) is 0 Å². The topological polar surface area (TPSA) is 78.9 Å². The first-order valence-electron chi connectivity index (χ1n) is 33.6.